The molecule has 2 nitrogen and oxygen atoms in total. The summed E-state index contributed by atoms with van der Waals surface area (Å²) in [5.41, 5.74) is 18.1. The van der Waals surface area contributed by atoms with Gasteiger partial charge < -0.3 is 0 Å². The molecule has 52 heavy (non-hydrogen) atoms. The molecule has 0 spiro atoms. The summed E-state index contributed by atoms with van der Waals surface area (Å²) >= 11 is 0. The third-order valence-corrected chi connectivity index (χ3v) is 12.3. The standard InChI is InChI=1S/C50H42N2/c1-31-27-39-36-19-11-13-21-42(36)49(2,3)44(39)29-38(31)48-35-18-10-8-16-33(35)24-26-52(48)46-30-45-40(37-20-12-14-22-43(37)50(45,4)5)28-41(46)47-34-17-9-7-15-32(34)23-25-51(47)6/h7-30H,1-6H3/q+2. The molecule has 0 N–H and O–H groups in total. The van der Waals surface area contributed by atoms with Crippen LogP contribution in [0, 0.1) is 6.92 Å². The monoisotopic (exact) mass is 670 g/mol. The Morgan fingerprint density at radius 1 is 0.423 bits per heavy atom. The van der Waals surface area contributed by atoms with Crippen LogP contribution >= 0.6 is 0 Å². The van der Waals surface area contributed by atoms with E-state index in [1.807, 2.05) is 0 Å². The first-order valence-electron chi connectivity index (χ1n) is 18.5. The molecule has 0 unspecified atom stereocenters. The quantitative estimate of drug-likeness (QED) is 0.165. The smallest absolute Gasteiger partial charge is 0.200 e. The number of aromatic nitrogens is 2. The fourth-order valence-electron chi connectivity index (χ4n) is 9.58. The van der Waals surface area contributed by atoms with Crippen molar-refractivity contribution in [3.8, 4) is 50.5 Å². The number of fused-ring (bicyclic) bond motifs is 8. The van der Waals surface area contributed by atoms with Gasteiger partial charge in [0.2, 0.25) is 17.1 Å². The van der Waals surface area contributed by atoms with Crippen molar-refractivity contribution < 1.29 is 9.13 Å². The molecule has 2 aliphatic carbocycles. The Labute approximate surface area is 306 Å². The minimum absolute atomic E-state index is 0.102. The van der Waals surface area contributed by atoms with Gasteiger partial charge in [-0.1, -0.05) is 119 Å². The van der Waals surface area contributed by atoms with E-state index in [9.17, 15) is 0 Å². The Hall–Kier alpha value is -5.86. The van der Waals surface area contributed by atoms with Crippen molar-refractivity contribution in [3.05, 3.63) is 174 Å². The van der Waals surface area contributed by atoms with Crippen LogP contribution in [0.25, 0.3) is 72.0 Å². The van der Waals surface area contributed by atoms with Gasteiger partial charge in [-0.3, -0.25) is 0 Å². The van der Waals surface area contributed by atoms with Crippen LogP contribution in [0.1, 0.15) is 55.5 Å². The van der Waals surface area contributed by atoms with E-state index in [2.05, 4.69) is 197 Å². The van der Waals surface area contributed by atoms with Crippen molar-refractivity contribution in [2.45, 2.75) is 45.4 Å². The lowest BCUT2D eigenvalue weighted by Gasteiger charge is -2.23. The minimum atomic E-state index is -0.142. The molecule has 0 saturated heterocycles. The molecular weight excluding hydrogens is 629 g/mol. The predicted molar refractivity (Wildman–Crippen MR) is 215 cm³/mol. The van der Waals surface area contributed by atoms with Gasteiger partial charge in [-0.05, 0) is 92.0 Å². The second-order valence-electron chi connectivity index (χ2n) is 16.0. The Morgan fingerprint density at radius 2 is 0.942 bits per heavy atom. The molecule has 2 aromatic heterocycles. The molecule has 0 radical (unpaired) electrons. The fourth-order valence-corrected chi connectivity index (χ4v) is 9.58. The first kappa shape index (κ1) is 30.9. The lowest BCUT2D eigenvalue weighted by molar-refractivity contribution is -0.659. The van der Waals surface area contributed by atoms with Gasteiger partial charge in [-0.2, -0.15) is 4.57 Å². The molecule has 250 valence electrons. The molecule has 0 aliphatic heterocycles. The van der Waals surface area contributed by atoms with E-state index >= 15 is 0 Å². The van der Waals surface area contributed by atoms with Crippen LogP contribution < -0.4 is 9.13 Å². The van der Waals surface area contributed by atoms with Crippen LogP contribution in [0.15, 0.2) is 146 Å². The van der Waals surface area contributed by atoms with Crippen LogP contribution in [0.5, 0.6) is 0 Å². The topological polar surface area (TPSA) is 7.76 Å². The Bertz CT molecular complexity index is 2820. The van der Waals surface area contributed by atoms with E-state index < -0.39 is 0 Å². The summed E-state index contributed by atoms with van der Waals surface area (Å²) in [5, 5.41) is 4.97. The van der Waals surface area contributed by atoms with Gasteiger partial charge in [-0.25, -0.2) is 4.57 Å². The summed E-state index contributed by atoms with van der Waals surface area (Å²) in [6, 6.07) is 50.1. The molecule has 2 heteroatoms. The van der Waals surface area contributed by atoms with E-state index in [-0.39, 0.29) is 10.8 Å². The maximum Gasteiger partial charge on any atom is 0.226 e. The Balaban J connectivity index is 1.34. The molecule has 0 saturated carbocycles. The molecule has 0 amide bonds. The van der Waals surface area contributed by atoms with E-state index in [1.54, 1.807) is 0 Å². The molecule has 0 fully saturated rings. The van der Waals surface area contributed by atoms with Gasteiger partial charge in [0.1, 0.15) is 12.6 Å². The average molecular weight is 671 g/mol. The van der Waals surface area contributed by atoms with Gasteiger partial charge in [0, 0.05) is 29.0 Å². The van der Waals surface area contributed by atoms with E-state index in [1.165, 1.54) is 99.8 Å². The molecule has 0 bridgehead atoms. The van der Waals surface area contributed by atoms with Crippen molar-refractivity contribution in [2.75, 3.05) is 0 Å². The number of benzene rings is 6. The lowest BCUT2D eigenvalue weighted by Crippen LogP contribution is -2.37. The zero-order chi connectivity index (χ0) is 35.5. The molecule has 2 aliphatic rings. The predicted octanol–water partition coefficient (Wildman–Crippen LogP) is 11.3. The molecular formula is C50H42N2+2. The molecule has 6 aromatic carbocycles. The molecule has 8 aromatic rings. The first-order valence-corrected chi connectivity index (χ1v) is 18.5. The molecule has 2 heterocycles. The third-order valence-electron chi connectivity index (χ3n) is 12.3. The van der Waals surface area contributed by atoms with Crippen molar-refractivity contribution in [1.82, 2.24) is 0 Å². The number of rotatable bonds is 3. The SMILES string of the molecule is Cc1cc2c(cc1-c1c3ccccc3cc[n+]1-c1cc3c(cc1-c1c4ccccc4cc[n+]1C)-c1ccccc1C3(C)C)C(C)(C)c1ccccc1-2. The zero-order valence-corrected chi connectivity index (χ0v) is 30.8. The fraction of sp³-hybridized carbons (Fsp3) is 0.160. The zero-order valence-electron chi connectivity index (χ0n) is 30.8. The van der Waals surface area contributed by atoms with Gasteiger partial charge >= 0.3 is 0 Å². The highest BCUT2D eigenvalue weighted by Crippen LogP contribution is 2.52. The summed E-state index contributed by atoms with van der Waals surface area (Å²) in [5.74, 6) is 0. The number of hydrogen-bond donors (Lipinski definition) is 0. The number of aryl methyl sites for hydroxylation is 2. The first-order chi connectivity index (χ1) is 25.1. The third kappa shape index (κ3) is 4.18. The van der Waals surface area contributed by atoms with Crippen LogP contribution in [0.3, 0.4) is 0 Å². The summed E-state index contributed by atoms with van der Waals surface area (Å²) in [4.78, 5) is 0. The highest BCUT2D eigenvalue weighted by Gasteiger charge is 2.41. The highest BCUT2D eigenvalue weighted by molar-refractivity contribution is 5.98. The van der Waals surface area contributed by atoms with E-state index in [0.29, 0.717) is 0 Å². The number of nitrogens with zero attached hydrogens (tertiary/aromatic N) is 2. The molecule has 10 rings (SSSR count). The summed E-state index contributed by atoms with van der Waals surface area (Å²) < 4.78 is 4.81. The summed E-state index contributed by atoms with van der Waals surface area (Å²) in [6.07, 6.45) is 4.53. The van der Waals surface area contributed by atoms with Crippen LogP contribution in [0.2, 0.25) is 0 Å². The number of hydrogen-bond acceptors (Lipinski definition) is 0. The minimum Gasteiger partial charge on any atom is -0.200 e. The summed E-state index contributed by atoms with van der Waals surface area (Å²) in [6.45, 7) is 11.8. The van der Waals surface area contributed by atoms with Gasteiger partial charge in [0.15, 0.2) is 12.4 Å². The van der Waals surface area contributed by atoms with Crippen molar-refractivity contribution >= 4 is 21.5 Å². The second kappa shape index (κ2) is 10.8. The van der Waals surface area contributed by atoms with Crippen molar-refractivity contribution in [2.24, 2.45) is 7.05 Å². The normalized spacial score (nSPS) is 14.7. The maximum absolute atomic E-state index is 2.51. The van der Waals surface area contributed by atoms with Gasteiger partial charge in [0.25, 0.3) is 0 Å². The second-order valence-corrected chi connectivity index (χ2v) is 16.0. The van der Waals surface area contributed by atoms with E-state index in [4.69, 9.17) is 0 Å². The van der Waals surface area contributed by atoms with Crippen molar-refractivity contribution in [3.63, 3.8) is 0 Å². The maximum atomic E-state index is 2.51. The van der Waals surface area contributed by atoms with Gasteiger partial charge in [0.05, 0.1) is 16.3 Å². The Morgan fingerprint density at radius 3 is 1.60 bits per heavy atom. The average Bonchev–Trinajstić information content (AvgIpc) is 3.52. The largest absolute Gasteiger partial charge is 0.226 e. The van der Waals surface area contributed by atoms with E-state index in [0.717, 1.165) is 0 Å². The van der Waals surface area contributed by atoms with Crippen LogP contribution in [-0.4, -0.2) is 0 Å². The van der Waals surface area contributed by atoms with Crippen LogP contribution in [0.4, 0.5) is 0 Å². The van der Waals surface area contributed by atoms with Crippen molar-refractivity contribution in [1.29, 1.82) is 0 Å². The highest BCUT2D eigenvalue weighted by atomic mass is 15.0. The summed E-state index contributed by atoms with van der Waals surface area (Å²) in [7, 11) is 2.19. The molecule has 0 atom stereocenters. The lowest BCUT2D eigenvalue weighted by atomic mass is 9.81. The van der Waals surface area contributed by atoms with Crippen LogP contribution in [-0.2, 0) is 17.9 Å². The number of pyridine rings is 2. The van der Waals surface area contributed by atoms with Gasteiger partial charge in [-0.15, -0.1) is 0 Å². The Kier molecular flexibility index (Phi) is 6.44.